The zero-order valence-electron chi connectivity index (χ0n) is 15.3. The third-order valence-corrected chi connectivity index (χ3v) is 3.69. The van der Waals surface area contributed by atoms with Crippen LogP contribution in [0.15, 0.2) is 53.5 Å². The van der Waals surface area contributed by atoms with Crippen molar-refractivity contribution < 1.29 is 18.6 Å². The fraction of sp³-hybridized carbons (Fsp3) is 0.350. The molecule has 0 bridgehead atoms. The van der Waals surface area contributed by atoms with E-state index in [1.54, 1.807) is 0 Å². The van der Waals surface area contributed by atoms with Crippen molar-refractivity contribution in [3.63, 3.8) is 0 Å². The SMILES string of the molecule is CCNC(=NCc1cc(F)ccc1F)NCC(O)COCc1ccccc1. The Morgan fingerprint density at radius 3 is 2.67 bits per heavy atom. The standard InChI is InChI=1S/C20H25F2N3O2/c1-2-23-20(24-11-16-10-17(21)8-9-19(16)22)25-12-18(26)14-27-13-15-6-4-3-5-7-15/h3-10,18,26H,2,11-14H2,1H3,(H2,23,24,25). The Morgan fingerprint density at radius 1 is 1.15 bits per heavy atom. The van der Waals surface area contributed by atoms with Crippen LogP contribution in [-0.4, -0.2) is 36.9 Å². The normalized spacial score (nSPS) is 12.7. The van der Waals surface area contributed by atoms with Gasteiger partial charge in [0.05, 0.1) is 25.9 Å². The maximum atomic E-state index is 13.7. The molecular weight excluding hydrogens is 352 g/mol. The second kappa shape index (κ2) is 11.3. The van der Waals surface area contributed by atoms with Gasteiger partial charge >= 0.3 is 0 Å². The van der Waals surface area contributed by atoms with Crippen molar-refractivity contribution in [3.8, 4) is 0 Å². The van der Waals surface area contributed by atoms with Crippen molar-refractivity contribution in [1.82, 2.24) is 10.6 Å². The van der Waals surface area contributed by atoms with Crippen LogP contribution < -0.4 is 10.6 Å². The quantitative estimate of drug-likeness (QED) is 0.464. The van der Waals surface area contributed by atoms with Gasteiger partial charge < -0.3 is 20.5 Å². The smallest absolute Gasteiger partial charge is 0.191 e. The van der Waals surface area contributed by atoms with E-state index >= 15 is 0 Å². The molecule has 0 aromatic heterocycles. The molecule has 0 spiro atoms. The number of hydrogen-bond acceptors (Lipinski definition) is 3. The Kier molecular flexibility index (Phi) is 8.67. The van der Waals surface area contributed by atoms with E-state index in [0.717, 1.165) is 23.8 Å². The van der Waals surface area contributed by atoms with Gasteiger partial charge in [-0.05, 0) is 30.7 Å². The largest absolute Gasteiger partial charge is 0.389 e. The lowest BCUT2D eigenvalue weighted by Gasteiger charge is -2.15. The van der Waals surface area contributed by atoms with Crippen molar-refractivity contribution in [1.29, 1.82) is 0 Å². The molecule has 27 heavy (non-hydrogen) atoms. The Labute approximate surface area is 158 Å². The van der Waals surface area contributed by atoms with Crippen molar-refractivity contribution in [3.05, 3.63) is 71.3 Å². The molecular formula is C20H25F2N3O2. The van der Waals surface area contributed by atoms with Gasteiger partial charge in [-0.2, -0.15) is 0 Å². The molecule has 0 saturated heterocycles. The molecule has 0 saturated carbocycles. The van der Waals surface area contributed by atoms with Crippen LogP contribution in [0.1, 0.15) is 18.1 Å². The number of nitrogens with one attached hydrogen (secondary N) is 2. The molecule has 2 aromatic rings. The Balaban J connectivity index is 1.79. The zero-order valence-corrected chi connectivity index (χ0v) is 15.3. The van der Waals surface area contributed by atoms with E-state index in [0.29, 0.717) is 19.1 Å². The Bertz CT molecular complexity index is 726. The lowest BCUT2D eigenvalue weighted by molar-refractivity contribution is 0.0308. The maximum Gasteiger partial charge on any atom is 0.191 e. The predicted molar refractivity (Wildman–Crippen MR) is 101 cm³/mol. The van der Waals surface area contributed by atoms with E-state index in [-0.39, 0.29) is 25.3 Å². The van der Waals surface area contributed by atoms with E-state index < -0.39 is 17.7 Å². The maximum absolute atomic E-state index is 13.7. The average molecular weight is 377 g/mol. The predicted octanol–water partition coefficient (Wildman–Crippen LogP) is 2.60. The summed E-state index contributed by atoms with van der Waals surface area (Å²) in [6, 6.07) is 13.0. The van der Waals surface area contributed by atoms with E-state index in [1.807, 2.05) is 37.3 Å². The molecule has 146 valence electrons. The van der Waals surface area contributed by atoms with E-state index in [2.05, 4.69) is 15.6 Å². The van der Waals surface area contributed by atoms with Gasteiger partial charge in [-0.15, -0.1) is 0 Å². The molecule has 5 nitrogen and oxygen atoms in total. The van der Waals surface area contributed by atoms with Gasteiger partial charge in [0.25, 0.3) is 0 Å². The van der Waals surface area contributed by atoms with Gasteiger partial charge in [-0.1, -0.05) is 30.3 Å². The second-order valence-corrected chi connectivity index (χ2v) is 5.97. The van der Waals surface area contributed by atoms with Crippen LogP contribution in [-0.2, 0) is 17.9 Å². The number of halogens is 2. The van der Waals surface area contributed by atoms with E-state index in [1.165, 1.54) is 0 Å². The fourth-order valence-corrected chi connectivity index (χ4v) is 2.33. The molecule has 3 N–H and O–H groups in total. The Morgan fingerprint density at radius 2 is 1.93 bits per heavy atom. The number of ether oxygens (including phenoxy) is 1. The molecule has 0 aliphatic heterocycles. The van der Waals surface area contributed by atoms with Gasteiger partial charge in [0, 0.05) is 18.7 Å². The number of nitrogens with zero attached hydrogens (tertiary/aromatic N) is 1. The van der Waals surface area contributed by atoms with Gasteiger partial charge in [0.1, 0.15) is 11.6 Å². The lowest BCUT2D eigenvalue weighted by Crippen LogP contribution is -2.42. The number of aliphatic imine (C=N–C) groups is 1. The van der Waals surface area contributed by atoms with Crippen LogP contribution >= 0.6 is 0 Å². The van der Waals surface area contributed by atoms with Crippen LogP contribution in [0.2, 0.25) is 0 Å². The highest BCUT2D eigenvalue weighted by Gasteiger charge is 2.08. The first kappa shape index (κ1) is 20.8. The molecule has 1 atom stereocenters. The minimum Gasteiger partial charge on any atom is -0.389 e. The van der Waals surface area contributed by atoms with Crippen LogP contribution in [0.5, 0.6) is 0 Å². The highest BCUT2D eigenvalue weighted by atomic mass is 19.1. The number of rotatable bonds is 9. The average Bonchev–Trinajstić information content (AvgIpc) is 2.67. The highest BCUT2D eigenvalue weighted by Crippen LogP contribution is 2.10. The number of aliphatic hydroxyl groups excluding tert-OH is 1. The summed E-state index contributed by atoms with van der Waals surface area (Å²) >= 11 is 0. The molecule has 0 heterocycles. The van der Waals surface area contributed by atoms with Crippen LogP contribution in [0.3, 0.4) is 0 Å². The molecule has 7 heteroatoms. The summed E-state index contributed by atoms with van der Waals surface area (Å²) in [5.41, 5.74) is 1.20. The van der Waals surface area contributed by atoms with Crippen molar-refractivity contribution in [2.45, 2.75) is 26.2 Å². The van der Waals surface area contributed by atoms with Crippen molar-refractivity contribution in [2.24, 2.45) is 4.99 Å². The van der Waals surface area contributed by atoms with E-state index in [4.69, 9.17) is 4.74 Å². The third kappa shape index (κ3) is 7.72. The van der Waals surface area contributed by atoms with Crippen LogP contribution in [0.25, 0.3) is 0 Å². The first-order valence-corrected chi connectivity index (χ1v) is 8.84. The molecule has 2 aromatic carbocycles. The summed E-state index contributed by atoms with van der Waals surface area (Å²) in [4.78, 5) is 4.22. The summed E-state index contributed by atoms with van der Waals surface area (Å²) in [5, 5.41) is 16.0. The molecule has 0 amide bonds. The number of hydrogen-bond donors (Lipinski definition) is 3. The number of aliphatic hydroxyl groups is 1. The molecule has 0 aliphatic carbocycles. The minimum absolute atomic E-state index is 0.0144. The number of benzene rings is 2. The highest BCUT2D eigenvalue weighted by molar-refractivity contribution is 5.79. The molecule has 0 fully saturated rings. The van der Waals surface area contributed by atoms with Crippen LogP contribution in [0.4, 0.5) is 8.78 Å². The van der Waals surface area contributed by atoms with Crippen molar-refractivity contribution >= 4 is 5.96 Å². The second-order valence-electron chi connectivity index (χ2n) is 5.97. The van der Waals surface area contributed by atoms with Crippen LogP contribution in [0, 0.1) is 11.6 Å². The molecule has 0 aliphatic rings. The summed E-state index contributed by atoms with van der Waals surface area (Å²) < 4.78 is 32.4. The lowest BCUT2D eigenvalue weighted by atomic mass is 10.2. The summed E-state index contributed by atoms with van der Waals surface area (Å²) in [6.07, 6.45) is -0.733. The topological polar surface area (TPSA) is 65.9 Å². The summed E-state index contributed by atoms with van der Waals surface area (Å²) in [5.74, 6) is -0.612. The van der Waals surface area contributed by atoms with Gasteiger partial charge in [-0.3, -0.25) is 0 Å². The monoisotopic (exact) mass is 377 g/mol. The molecule has 1 unspecified atom stereocenters. The van der Waals surface area contributed by atoms with Gasteiger partial charge in [0.15, 0.2) is 5.96 Å². The first-order chi connectivity index (χ1) is 13.1. The number of guanidine groups is 1. The molecule has 0 radical (unpaired) electrons. The summed E-state index contributed by atoms with van der Waals surface area (Å²) in [6.45, 7) is 3.27. The third-order valence-electron chi connectivity index (χ3n) is 3.69. The van der Waals surface area contributed by atoms with Crippen molar-refractivity contribution in [2.75, 3.05) is 19.7 Å². The van der Waals surface area contributed by atoms with Gasteiger partial charge in [0.2, 0.25) is 0 Å². The zero-order chi connectivity index (χ0) is 19.5. The first-order valence-electron chi connectivity index (χ1n) is 8.84. The van der Waals surface area contributed by atoms with E-state index in [9.17, 15) is 13.9 Å². The molecule has 2 rings (SSSR count). The summed E-state index contributed by atoms with van der Waals surface area (Å²) in [7, 11) is 0. The van der Waals surface area contributed by atoms with Gasteiger partial charge in [-0.25, -0.2) is 13.8 Å². The fourth-order valence-electron chi connectivity index (χ4n) is 2.33. The Hall–Kier alpha value is -2.51. The minimum atomic E-state index is -0.733.